The van der Waals surface area contributed by atoms with Crippen LogP contribution in [-0.2, 0) is 0 Å². The van der Waals surface area contributed by atoms with Gasteiger partial charge in [0, 0.05) is 0 Å². The van der Waals surface area contributed by atoms with Gasteiger partial charge in [-0.2, -0.15) is 0 Å². The van der Waals surface area contributed by atoms with Gasteiger partial charge in [-0.25, -0.2) is 0 Å². The molecule has 0 aliphatic carbocycles. The van der Waals surface area contributed by atoms with E-state index in [2.05, 4.69) is 136 Å². The third kappa shape index (κ3) is 2.78. The fraction of sp³-hybridized carbons (Fsp3) is 0. The molecule has 0 fully saturated rings. The molecule has 2 aliphatic rings. The number of fused-ring (bicyclic) bond motifs is 16. The van der Waals surface area contributed by atoms with Crippen molar-refractivity contribution < 1.29 is 0 Å². The Hall–Kier alpha value is -4.76. The van der Waals surface area contributed by atoms with Crippen LogP contribution in [0.25, 0.3) is 76.2 Å². The Balaban J connectivity index is 1.15. The summed E-state index contributed by atoms with van der Waals surface area (Å²) < 4.78 is 11.3. The minimum absolute atomic E-state index is 0.260. The second-order valence-corrected chi connectivity index (χ2v) is 17.8. The molecule has 11 aromatic rings. The summed E-state index contributed by atoms with van der Waals surface area (Å²) in [5.74, 6) is 0. The van der Waals surface area contributed by atoms with Crippen molar-refractivity contribution in [2.24, 2.45) is 0 Å². The summed E-state index contributed by atoms with van der Waals surface area (Å²) in [6.07, 6.45) is 0. The fourth-order valence-electron chi connectivity index (χ4n) is 9.28. The Morgan fingerprint density at radius 3 is 1.30 bits per heavy atom. The predicted octanol–water partition coefficient (Wildman–Crippen LogP) is 4.44. The second kappa shape index (κ2) is 8.20. The van der Waals surface area contributed by atoms with Gasteiger partial charge in [0.15, 0.2) is 0 Å². The van der Waals surface area contributed by atoms with Gasteiger partial charge in [-0.1, -0.05) is 0 Å². The van der Waals surface area contributed by atoms with E-state index in [1.807, 2.05) is 0 Å². The van der Waals surface area contributed by atoms with Crippen molar-refractivity contribution in [2.75, 3.05) is 0 Å². The molecule has 0 spiro atoms. The number of para-hydroxylation sites is 4. The molecule has 6 heterocycles. The molecule has 7 aromatic carbocycles. The van der Waals surface area contributed by atoms with Gasteiger partial charge in [0.05, 0.1) is 0 Å². The van der Waals surface area contributed by atoms with Gasteiger partial charge in [0.2, 0.25) is 0 Å². The minimum atomic E-state index is 0.260. The number of hydrogen-bond donors (Lipinski definition) is 0. The molecule has 0 saturated heterocycles. The number of hydrogen-bond acceptors (Lipinski definition) is 0. The van der Waals surface area contributed by atoms with Crippen molar-refractivity contribution >= 4 is 147 Å². The average molecular weight is 722 g/mol. The van der Waals surface area contributed by atoms with E-state index in [4.69, 9.17) is 0 Å². The summed E-state index contributed by atoms with van der Waals surface area (Å²) >= 11 is 0.520. The van der Waals surface area contributed by atoms with Gasteiger partial charge in [0.25, 0.3) is 0 Å². The molecule has 214 valence electrons. The molecule has 0 bridgehead atoms. The molecule has 47 heavy (non-hydrogen) atoms. The number of benzene rings is 7. The van der Waals surface area contributed by atoms with E-state index in [1.165, 1.54) is 96.0 Å². The first-order chi connectivity index (χ1) is 23.3. The molecule has 4 aromatic heterocycles. The van der Waals surface area contributed by atoms with Crippen LogP contribution in [0.3, 0.4) is 0 Å². The Morgan fingerprint density at radius 2 is 0.787 bits per heavy atom. The summed E-state index contributed by atoms with van der Waals surface area (Å²) in [4.78, 5) is 0. The van der Waals surface area contributed by atoms with Crippen LogP contribution in [0.15, 0.2) is 127 Å². The van der Waals surface area contributed by atoms with Crippen LogP contribution in [0.1, 0.15) is 0 Å². The van der Waals surface area contributed by atoms with Crippen LogP contribution < -0.4 is 34.2 Å². The Bertz CT molecular complexity index is 2990. The Morgan fingerprint density at radius 1 is 0.362 bits per heavy atom. The van der Waals surface area contributed by atoms with Crippen molar-refractivity contribution in [1.29, 1.82) is 0 Å². The fourth-order valence-corrected chi connectivity index (χ4v) is 14.6. The molecular formula is C42H21BN2Se2. The zero-order valence-electron chi connectivity index (χ0n) is 24.9. The summed E-state index contributed by atoms with van der Waals surface area (Å²) in [5, 5.41) is 10.9. The van der Waals surface area contributed by atoms with Crippen LogP contribution in [0.2, 0.25) is 0 Å². The van der Waals surface area contributed by atoms with E-state index in [-0.39, 0.29) is 36.6 Å². The van der Waals surface area contributed by atoms with E-state index in [1.54, 1.807) is 14.4 Å². The quantitative estimate of drug-likeness (QED) is 0.205. The first kappa shape index (κ1) is 24.4. The number of rotatable bonds is 0. The van der Waals surface area contributed by atoms with Crippen LogP contribution in [0, 0.1) is 0 Å². The van der Waals surface area contributed by atoms with Crippen LogP contribution >= 0.6 is 0 Å². The normalized spacial score (nSPS) is 14.2. The molecule has 0 saturated carbocycles. The molecule has 2 aliphatic heterocycles. The zero-order chi connectivity index (χ0) is 30.1. The molecule has 0 atom stereocenters. The molecule has 2 nitrogen and oxygen atoms in total. The average Bonchev–Trinajstić information content (AvgIpc) is 3.83. The van der Waals surface area contributed by atoms with E-state index < -0.39 is 0 Å². The van der Waals surface area contributed by atoms with Crippen molar-refractivity contribution in [2.45, 2.75) is 0 Å². The summed E-state index contributed by atoms with van der Waals surface area (Å²) in [6.45, 7) is 0.264. The first-order valence-electron chi connectivity index (χ1n) is 16.2. The third-order valence-corrected chi connectivity index (χ3v) is 15.9. The van der Waals surface area contributed by atoms with Gasteiger partial charge in [-0.15, -0.1) is 0 Å². The summed E-state index contributed by atoms with van der Waals surface area (Å²) in [6, 6.07) is 49.1. The maximum atomic E-state index is 2.60. The number of aromatic nitrogens is 2. The van der Waals surface area contributed by atoms with Crippen molar-refractivity contribution in [1.82, 2.24) is 8.80 Å². The SMILES string of the molecule is c1cc2c3c(c1)[Se]c1cc4c(cc1B3c1cc3c5cccc6c7ccccc7n(c3cc1[Se]2)c65)c1cccc2c3ccccc3n4c21. The van der Waals surface area contributed by atoms with Gasteiger partial charge in [-0.05, 0) is 0 Å². The molecular weight excluding hydrogens is 701 g/mol. The van der Waals surface area contributed by atoms with Crippen molar-refractivity contribution in [3.8, 4) is 0 Å². The molecule has 0 radical (unpaired) electrons. The summed E-state index contributed by atoms with van der Waals surface area (Å²) in [7, 11) is 0. The molecule has 0 amide bonds. The first-order valence-corrected chi connectivity index (χ1v) is 19.6. The molecule has 0 unspecified atom stereocenters. The number of nitrogens with zero attached hydrogens (tertiary/aromatic N) is 2. The third-order valence-electron chi connectivity index (χ3n) is 11.1. The van der Waals surface area contributed by atoms with Gasteiger partial charge in [0.1, 0.15) is 0 Å². The molecule has 5 heteroatoms. The molecule has 13 rings (SSSR count). The van der Waals surface area contributed by atoms with E-state index in [0.29, 0.717) is 0 Å². The zero-order valence-corrected chi connectivity index (χ0v) is 28.3. The van der Waals surface area contributed by atoms with Gasteiger partial charge >= 0.3 is 283 Å². The Kier molecular flexibility index (Phi) is 4.26. The topological polar surface area (TPSA) is 8.82 Å². The van der Waals surface area contributed by atoms with E-state index in [9.17, 15) is 0 Å². The van der Waals surface area contributed by atoms with Crippen molar-refractivity contribution in [3.63, 3.8) is 0 Å². The van der Waals surface area contributed by atoms with Gasteiger partial charge in [-0.3, -0.25) is 0 Å². The standard InChI is InChI=1S/C42H21BN2Se2/c1-3-14-32-22(8-1)24-10-5-12-26-28-18-30-38(20-34(28)44(32)41(24)26)46-36-16-7-17-37-40(36)43(30)31-19-29-27-13-6-11-25-23-9-2-4-15-33(23)45(42(25)27)35(29)21-39(31)47-37/h1-21H. The Labute approximate surface area is 281 Å². The monoisotopic (exact) mass is 724 g/mol. The van der Waals surface area contributed by atoms with Crippen molar-refractivity contribution in [3.05, 3.63) is 127 Å². The predicted molar refractivity (Wildman–Crippen MR) is 203 cm³/mol. The van der Waals surface area contributed by atoms with Crippen LogP contribution in [-0.4, -0.2) is 45.4 Å². The molecule has 0 N–H and O–H groups in total. The van der Waals surface area contributed by atoms with E-state index >= 15 is 0 Å². The van der Waals surface area contributed by atoms with Crippen LogP contribution in [0.4, 0.5) is 0 Å². The second-order valence-electron chi connectivity index (χ2n) is 13.2. The van der Waals surface area contributed by atoms with Gasteiger partial charge < -0.3 is 0 Å². The van der Waals surface area contributed by atoms with E-state index in [0.717, 1.165) is 0 Å². The van der Waals surface area contributed by atoms with Crippen LogP contribution in [0.5, 0.6) is 0 Å². The maximum absolute atomic E-state index is 2.60. The summed E-state index contributed by atoms with van der Waals surface area (Å²) in [5.41, 5.74) is 12.7.